The van der Waals surface area contributed by atoms with Crippen LogP contribution in [0.5, 0.6) is 0 Å². The van der Waals surface area contributed by atoms with Crippen LogP contribution in [0, 0.1) is 6.92 Å². The second kappa shape index (κ2) is 6.91. The van der Waals surface area contributed by atoms with Crippen molar-refractivity contribution in [2.24, 2.45) is 0 Å². The van der Waals surface area contributed by atoms with Crippen LogP contribution in [0.4, 0.5) is 5.69 Å². The molecule has 0 radical (unpaired) electrons. The molecule has 0 spiro atoms. The Bertz CT molecular complexity index is 540. The summed E-state index contributed by atoms with van der Waals surface area (Å²) in [4.78, 5) is 23.7. The van der Waals surface area contributed by atoms with Crippen LogP contribution in [0.3, 0.4) is 0 Å². The van der Waals surface area contributed by atoms with Gasteiger partial charge in [-0.2, -0.15) is 0 Å². The number of aliphatic hydroxyl groups excluding tert-OH is 1. The number of aryl methyl sites for hydroxylation is 1. The molecule has 1 aromatic rings. The van der Waals surface area contributed by atoms with E-state index in [2.05, 4.69) is 10.6 Å². The van der Waals surface area contributed by atoms with E-state index in [1.54, 1.807) is 18.2 Å². The van der Waals surface area contributed by atoms with Crippen molar-refractivity contribution in [3.63, 3.8) is 0 Å². The van der Waals surface area contributed by atoms with Crippen molar-refractivity contribution in [2.45, 2.75) is 44.8 Å². The third kappa shape index (κ3) is 4.44. The van der Waals surface area contributed by atoms with E-state index in [0.29, 0.717) is 36.4 Å². The van der Waals surface area contributed by atoms with Gasteiger partial charge in [0.15, 0.2) is 0 Å². The van der Waals surface area contributed by atoms with Gasteiger partial charge in [0.25, 0.3) is 0 Å². The first-order valence-corrected chi connectivity index (χ1v) is 7.39. The van der Waals surface area contributed by atoms with Crippen molar-refractivity contribution < 1.29 is 14.7 Å². The highest BCUT2D eigenvalue weighted by Gasteiger charge is 2.23. The molecule has 0 aliphatic heterocycles. The highest BCUT2D eigenvalue weighted by molar-refractivity contribution is 6.39. The smallest absolute Gasteiger partial charge is 0.313 e. The van der Waals surface area contributed by atoms with Crippen molar-refractivity contribution in [1.29, 1.82) is 0 Å². The molecule has 114 valence electrons. The zero-order valence-electron chi connectivity index (χ0n) is 11.9. The first kappa shape index (κ1) is 15.8. The van der Waals surface area contributed by atoms with Crippen molar-refractivity contribution in [3.8, 4) is 0 Å². The number of benzene rings is 1. The van der Waals surface area contributed by atoms with Crippen LogP contribution in [0.15, 0.2) is 18.2 Å². The van der Waals surface area contributed by atoms with Crippen LogP contribution in [-0.2, 0) is 9.59 Å². The summed E-state index contributed by atoms with van der Waals surface area (Å²) in [5, 5.41) is 15.3. The highest BCUT2D eigenvalue weighted by Crippen LogP contribution is 2.20. The predicted molar refractivity (Wildman–Crippen MR) is 81.2 cm³/mol. The maximum Gasteiger partial charge on any atom is 0.313 e. The molecular formula is C15H19ClN2O3. The Hall–Kier alpha value is -1.59. The van der Waals surface area contributed by atoms with Gasteiger partial charge in [0, 0.05) is 16.8 Å². The standard InChI is InChI=1S/C15H19ClN2O3/c1-9-8-10(16)2-7-13(9)18-15(21)14(20)17-11-3-5-12(19)6-4-11/h2,7-8,11-12,19H,3-6H2,1H3,(H,17,20)(H,18,21). The van der Waals surface area contributed by atoms with Gasteiger partial charge in [-0.1, -0.05) is 11.6 Å². The molecule has 0 unspecified atom stereocenters. The van der Waals surface area contributed by atoms with Crippen molar-refractivity contribution in [1.82, 2.24) is 5.32 Å². The molecule has 5 nitrogen and oxygen atoms in total. The van der Waals surface area contributed by atoms with E-state index in [-0.39, 0.29) is 12.1 Å². The van der Waals surface area contributed by atoms with Crippen LogP contribution in [0.2, 0.25) is 5.02 Å². The maximum atomic E-state index is 11.9. The molecule has 1 fully saturated rings. The number of nitrogens with one attached hydrogen (secondary N) is 2. The molecule has 2 rings (SSSR count). The van der Waals surface area contributed by atoms with E-state index < -0.39 is 11.8 Å². The lowest BCUT2D eigenvalue weighted by molar-refractivity contribution is -0.136. The summed E-state index contributed by atoms with van der Waals surface area (Å²) in [7, 11) is 0. The second-order valence-electron chi connectivity index (χ2n) is 5.39. The molecule has 2 amide bonds. The largest absolute Gasteiger partial charge is 0.393 e. The number of anilines is 1. The minimum atomic E-state index is -0.688. The highest BCUT2D eigenvalue weighted by atomic mass is 35.5. The predicted octanol–water partition coefficient (Wildman–Crippen LogP) is 2.01. The third-order valence-corrected chi connectivity index (χ3v) is 3.91. The van der Waals surface area contributed by atoms with Gasteiger partial charge >= 0.3 is 11.8 Å². The van der Waals surface area contributed by atoms with Crippen LogP contribution in [0.1, 0.15) is 31.2 Å². The molecule has 1 aliphatic rings. The fourth-order valence-electron chi connectivity index (χ4n) is 2.42. The molecule has 0 bridgehead atoms. The van der Waals surface area contributed by atoms with Gasteiger partial charge in [-0.15, -0.1) is 0 Å². The molecule has 6 heteroatoms. The van der Waals surface area contributed by atoms with Crippen LogP contribution in [0.25, 0.3) is 0 Å². The number of halogens is 1. The molecule has 0 saturated heterocycles. The molecule has 3 N–H and O–H groups in total. The average Bonchev–Trinajstić information content (AvgIpc) is 2.44. The molecule has 1 saturated carbocycles. The minimum Gasteiger partial charge on any atom is -0.393 e. The Labute approximate surface area is 128 Å². The molecule has 1 aromatic carbocycles. The van der Waals surface area contributed by atoms with E-state index in [1.807, 2.05) is 6.92 Å². The average molecular weight is 311 g/mol. The van der Waals surface area contributed by atoms with Gasteiger partial charge in [0.1, 0.15) is 0 Å². The summed E-state index contributed by atoms with van der Waals surface area (Å²) in [6.07, 6.45) is 2.41. The lowest BCUT2D eigenvalue weighted by atomic mass is 9.93. The normalized spacial score (nSPS) is 21.7. The van der Waals surface area contributed by atoms with E-state index >= 15 is 0 Å². The van der Waals surface area contributed by atoms with E-state index in [1.165, 1.54) is 0 Å². The maximum absolute atomic E-state index is 11.9. The number of hydrogen-bond acceptors (Lipinski definition) is 3. The number of rotatable bonds is 2. The van der Waals surface area contributed by atoms with Gasteiger partial charge in [-0.05, 0) is 56.4 Å². The summed E-state index contributed by atoms with van der Waals surface area (Å²) in [6, 6.07) is 5.00. The van der Waals surface area contributed by atoms with Gasteiger partial charge < -0.3 is 15.7 Å². The van der Waals surface area contributed by atoms with Crippen LogP contribution < -0.4 is 10.6 Å². The van der Waals surface area contributed by atoms with Gasteiger partial charge in [0.05, 0.1) is 6.10 Å². The van der Waals surface area contributed by atoms with Crippen molar-refractivity contribution >= 4 is 29.1 Å². The quantitative estimate of drug-likeness (QED) is 0.731. The fourth-order valence-corrected chi connectivity index (χ4v) is 2.64. The Morgan fingerprint density at radius 3 is 2.48 bits per heavy atom. The van der Waals surface area contributed by atoms with Gasteiger partial charge in [0.2, 0.25) is 0 Å². The molecule has 0 aromatic heterocycles. The third-order valence-electron chi connectivity index (χ3n) is 3.67. The Balaban J connectivity index is 1.89. The molecular weight excluding hydrogens is 292 g/mol. The van der Waals surface area contributed by atoms with Crippen molar-refractivity contribution in [2.75, 3.05) is 5.32 Å². The number of hydrogen-bond donors (Lipinski definition) is 3. The van der Waals surface area contributed by atoms with Crippen LogP contribution >= 0.6 is 11.6 Å². The SMILES string of the molecule is Cc1cc(Cl)ccc1NC(=O)C(=O)NC1CCC(O)CC1. The van der Waals surface area contributed by atoms with Gasteiger partial charge in [-0.25, -0.2) is 0 Å². The van der Waals surface area contributed by atoms with E-state index in [4.69, 9.17) is 11.6 Å². The summed E-state index contributed by atoms with van der Waals surface area (Å²) in [5.41, 5.74) is 1.36. The Kier molecular flexibility index (Phi) is 5.20. The van der Waals surface area contributed by atoms with Crippen LogP contribution in [-0.4, -0.2) is 29.1 Å². The molecule has 1 aliphatic carbocycles. The zero-order valence-corrected chi connectivity index (χ0v) is 12.6. The van der Waals surface area contributed by atoms with Gasteiger partial charge in [-0.3, -0.25) is 9.59 Å². The molecule has 0 heterocycles. The zero-order chi connectivity index (χ0) is 15.4. The first-order valence-electron chi connectivity index (χ1n) is 7.02. The number of carbonyl (C=O) groups is 2. The van der Waals surface area contributed by atoms with Crippen molar-refractivity contribution in [3.05, 3.63) is 28.8 Å². The summed E-state index contributed by atoms with van der Waals surface area (Å²) < 4.78 is 0. The lowest BCUT2D eigenvalue weighted by Gasteiger charge is -2.25. The summed E-state index contributed by atoms with van der Waals surface area (Å²) in [6.45, 7) is 1.81. The summed E-state index contributed by atoms with van der Waals surface area (Å²) >= 11 is 5.84. The number of carbonyl (C=O) groups excluding carboxylic acids is 2. The lowest BCUT2D eigenvalue weighted by Crippen LogP contribution is -2.43. The first-order chi connectivity index (χ1) is 9.95. The minimum absolute atomic E-state index is 0.0436. The number of amides is 2. The molecule has 21 heavy (non-hydrogen) atoms. The Morgan fingerprint density at radius 1 is 1.19 bits per heavy atom. The summed E-state index contributed by atoms with van der Waals surface area (Å²) in [5.74, 6) is -1.34. The van der Waals surface area contributed by atoms with E-state index in [0.717, 1.165) is 5.56 Å². The topological polar surface area (TPSA) is 78.4 Å². The Morgan fingerprint density at radius 2 is 1.86 bits per heavy atom. The number of aliphatic hydroxyl groups is 1. The van der Waals surface area contributed by atoms with E-state index in [9.17, 15) is 14.7 Å². The second-order valence-corrected chi connectivity index (χ2v) is 5.83. The molecule has 0 atom stereocenters. The monoisotopic (exact) mass is 310 g/mol. The fraction of sp³-hybridized carbons (Fsp3) is 0.467.